The number of rotatable bonds is 0. The summed E-state index contributed by atoms with van der Waals surface area (Å²) in [6.07, 6.45) is 19.0. The maximum absolute atomic E-state index is 10.7. The Morgan fingerprint density at radius 3 is 0.778 bits per heavy atom. The molecule has 0 saturated heterocycles. The summed E-state index contributed by atoms with van der Waals surface area (Å²) in [4.78, 5) is 0. The van der Waals surface area contributed by atoms with E-state index in [1.807, 2.05) is 0 Å². The van der Waals surface area contributed by atoms with Crippen molar-refractivity contribution in [2.24, 2.45) is 0 Å². The molecule has 2 aliphatic carbocycles. The average molecular weight is 336 g/mol. The van der Waals surface area contributed by atoms with Crippen molar-refractivity contribution in [2.75, 3.05) is 0 Å². The van der Waals surface area contributed by atoms with Crippen molar-refractivity contribution in [3.63, 3.8) is 0 Å². The molecule has 0 aromatic rings. The minimum absolute atomic E-state index is 0. The fourth-order valence-corrected chi connectivity index (χ4v) is 0.786. The van der Waals surface area contributed by atoms with Crippen LogP contribution in [0.1, 0.15) is 12.8 Å². The first-order valence-electron chi connectivity index (χ1n) is 4.65. The van der Waals surface area contributed by atoms with Gasteiger partial charge in [0.15, 0.2) is 0 Å². The monoisotopic (exact) mass is 336 g/mol. The van der Waals surface area contributed by atoms with E-state index < -0.39 is 7.81 Å². The van der Waals surface area contributed by atoms with Crippen LogP contribution in [0.5, 0.6) is 0 Å². The predicted octanol–water partition coefficient (Wildman–Crippen LogP) is 6.38. The van der Waals surface area contributed by atoms with Gasteiger partial charge < -0.3 is 0 Å². The van der Waals surface area contributed by atoms with Gasteiger partial charge in [0.05, 0.1) is 0 Å². The first-order valence-corrected chi connectivity index (χ1v) is 6.68. The van der Waals surface area contributed by atoms with Crippen LogP contribution >= 0.6 is 7.81 Å². The third-order valence-corrected chi connectivity index (χ3v) is 1.31. The van der Waals surface area contributed by atoms with Gasteiger partial charge in [-0.05, 0) is 12.8 Å². The molecule has 0 saturated carbocycles. The number of hydrogen-bond acceptors (Lipinski definition) is 0. The van der Waals surface area contributed by atoms with Crippen molar-refractivity contribution in [3.05, 3.63) is 48.6 Å². The van der Waals surface area contributed by atoms with Gasteiger partial charge in [-0.1, -0.05) is 48.6 Å². The Hall–Kier alpha value is -0.524. The Kier molecular flexibility index (Phi) is 7.25. The van der Waals surface area contributed by atoms with Crippen molar-refractivity contribution < 1.29 is 42.0 Å². The Morgan fingerprint density at radius 1 is 0.556 bits per heavy atom. The predicted molar refractivity (Wildman–Crippen MR) is 59.4 cm³/mol. The summed E-state index contributed by atoms with van der Waals surface area (Å²) in [5.74, 6) is 0. The smallest absolute Gasteiger partial charge is 0 e. The van der Waals surface area contributed by atoms with Gasteiger partial charge in [-0.3, -0.25) is 0 Å². The number of hydrogen-bond donors (Lipinski definition) is 0. The van der Waals surface area contributed by atoms with E-state index in [1.165, 1.54) is 0 Å². The molecule has 0 bridgehead atoms. The molecule has 0 spiro atoms. The third kappa shape index (κ3) is 36.1. The Morgan fingerprint density at radius 2 is 0.722 bits per heavy atom. The molecule has 2 rings (SSSR count). The fourth-order valence-electron chi connectivity index (χ4n) is 0.786. The molecule has 0 atom stereocenters. The van der Waals surface area contributed by atoms with Gasteiger partial charge in [-0.15, -0.1) is 0 Å². The van der Waals surface area contributed by atoms with E-state index in [1.54, 1.807) is 0 Å². The van der Waals surface area contributed by atoms with Gasteiger partial charge in [-0.2, -0.15) is 0 Å². The van der Waals surface area contributed by atoms with E-state index >= 15 is 0 Å². The summed E-state index contributed by atoms with van der Waals surface area (Å²) in [6.45, 7) is 0. The second kappa shape index (κ2) is 6.59. The molecule has 0 N–H and O–H groups in total. The normalized spacial score (nSPS) is 18.8. The molecule has 0 heterocycles. The van der Waals surface area contributed by atoms with Crippen molar-refractivity contribution in [1.82, 2.24) is 0 Å². The zero-order chi connectivity index (χ0) is 13.5. The molecule has 0 aromatic carbocycles. The summed E-state index contributed by atoms with van der Waals surface area (Å²) in [5.41, 5.74) is 0. The summed E-state index contributed by atoms with van der Waals surface area (Å²) < 4.78 is 59.2. The molecule has 0 aliphatic heterocycles. The van der Waals surface area contributed by atoms with Crippen LogP contribution in [0.15, 0.2) is 48.6 Å². The van der Waals surface area contributed by atoms with Crippen molar-refractivity contribution in [3.8, 4) is 0 Å². The molecule has 0 unspecified atom stereocenters. The Balaban J connectivity index is 0. The van der Waals surface area contributed by atoms with E-state index in [-0.39, 0.29) is 16.8 Å². The SMILES string of the molecule is C1=CCC=C1.C1=CCC=C1.F[P-](F)(F)(F)(F)F.[Co]. The molecule has 8 heteroatoms. The van der Waals surface area contributed by atoms with Gasteiger partial charge in [0, 0.05) is 16.8 Å². The van der Waals surface area contributed by atoms with E-state index in [2.05, 4.69) is 48.6 Å². The summed E-state index contributed by atoms with van der Waals surface area (Å²) >= 11 is 0. The van der Waals surface area contributed by atoms with E-state index in [0.29, 0.717) is 0 Å². The maximum Gasteiger partial charge on any atom is 0 e. The van der Waals surface area contributed by atoms with E-state index in [9.17, 15) is 25.2 Å². The van der Waals surface area contributed by atoms with Gasteiger partial charge in [0.1, 0.15) is 0 Å². The number of allylic oxidation sites excluding steroid dienone is 8. The van der Waals surface area contributed by atoms with Crippen molar-refractivity contribution >= 4 is 7.81 Å². The van der Waals surface area contributed by atoms with Crippen LogP contribution in [-0.2, 0) is 16.8 Å². The van der Waals surface area contributed by atoms with Crippen molar-refractivity contribution in [2.45, 2.75) is 12.8 Å². The summed E-state index contributed by atoms with van der Waals surface area (Å²) in [7, 11) is -10.7. The van der Waals surface area contributed by atoms with Gasteiger partial charge in [0.25, 0.3) is 0 Å². The maximum atomic E-state index is 9.87. The molecule has 1 radical (unpaired) electrons. The quantitative estimate of drug-likeness (QED) is 0.355. The minimum atomic E-state index is -10.7. The summed E-state index contributed by atoms with van der Waals surface area (Å²) in [5, 5.41) is 0. The minimum Gasteiger partial charge on any atom is 0 e. The van der Waals surface area contributed by atoms with Crippen LogP contribution in [0.25, 0.3) is 0 Å². The molecular formula is C10H12CoF6P-. The van der Waals surface area contributed by atoms with Crippen molar-refractivity contribution in [1.29, 1.82) is 0 Å². The first kappa shape index (κ1) is 19.8. The van der Waals surface area contributed by atoms with Gasteiger partial charge in [-0.25, -0.2) is 0 Å². The van der Waals surface area contributed by atoms with Crippen LogP contribution in [-0.4, -0.2) is 0 Å². The van der Waals surface area contributed by atoms with Crippen LogP contribution in [0.3, 0.4) is 0 Å². The Labute approximate surface area is 112 Å². The van der Waals surface area contributed by atoms with Crippen LogP contribution in [0, 0.1) is 0 Å². The Bertz CT molecular complexity index is 295. The van der Waals surface area contributed by atoms with E-state index in [4.69, 9.17) is 0 Å². The third-order valence-electron chi connectivity index (χ3n) is 1.31. The molecular weight excluding hydrogens is 324 g/mol. The summed E-state index contributed by atoms with van der Waals surface area (Å²) in [6, 6.07) is 0. The topological polar surface area (TPSA) is 0 Å². The fraction of sp³-hybridized carbons (Fsp3) is 0.200. The second-order valence-electron chi connectivity index (χ2n) is 3.14. The molecule has 0 aromatic heterocycles. The second-order valence-corrected chi connectivity index (χ2v) is 5.06. The zero-order valence-corrected chi connectivity index (χ0v) is 11.0. The standard InChI is InChI=1S/2C5H6.Co.F6P/c2*1-2-4-5-3-1;;1-7(2,3,4,5)6/h2*1-4H,5H2;;/q;;;-1. The molecule has 0 fully saturated rings. The molecule has 0 nitrogen and oxygen atoms in total. The molecule has 109 valence electrons. The van der Waals surface area contributed by atoms with Gasteiger partial charge >= 0.3 is 33.0 Å². The molecule has 0 amide bonds. The largest absolute Gasteiger partial charge is 0 e. The zero-order valence-electron chi connectivity index (χ0n) is 9.08. The number of halogens is 6. The molecule has 18 heavy (non-hydrogen) atoms. The van der Waals surface area contributed by atoms with Crippen LogP contribution in [0.2, 0.25) is 0 Å². The first-order chi connectivity index (χ1) is 7.45. The van der Waals surface area contributed by atoms with Crippen LogP contribution < -0.4 is 0 Å². The average Bonchev–Trinajstić information content (AvgIpc) is 2.78. The van der Waals surface area contributed by atoms with E-state index in [0.717, 1.165) is 12.8 Å². The van der Waals surface area contributed by atoms with Crippen LogP contribution in [0.4, 0.5) is 25.2 Å². The molecule has 2 aliphatic rings. The van der Waals surface area contributed by atoms with Gasteiger partial charge in [0.2, 0.25) is 0 Å².